The molecule has 0 atom stereocenters. The third-order valence-corrected chi connectivity index (χ3v) is 1.95. The van der Waals surface area contributed by atoms with Gasteiger partial charge in [0, 0.05) is 5.69 Å². The predicted molar refractivity (Wildman–Crippen MR) is 66.4 cm³/mol. The minimum Gasteiger partial charge on any atom is -0.370 e. The van der Waals surface area contributed by atoms with Crippen LogP contribution < -0.4 is 11.1 Å². The minimum atomic E-state index is -0.491. The number of nitrogens with zero attached hydrogens (tertiary/aromatic N) is 1. The van der Waals surface area contributed by atoms with Crippen LogP contribution in [0.3, 0.4) is 0 Å². The fourth-order valence-electron chi connectivity index (χ4n) is 1.11. The SMILES string of the molecule is CC(C)(C)N=C(N)Nc1ccc(Cl)c(F)c1. The molecule has 0 saturated heterocycles. The number of halogens is 2. The van der Waals surface area contributed by atoms with Gasteiger partial charge >= 0.3 is 0 Å². The smallest absolute Gasteiger partial charge is 0.193 e. The molecule has 1 rings (SSSR count). The van der Waals surface area contributed by atoms with E-state index in [1.807, 2.05) is 20.8 Å². The highest BCUT2D eigenvalue weighted by Crippen LogP contribution is 2.18. The number of rotatable bonds is 1. The van der Waals surface area contributed by atoms with Crippen molar-refractivity contribution in [3.05, 3.63) is 29.0 Å². The molecule has 0 unspecified atom stereocenters. The summed E-state index contributed by atoms with van der Waals surface area (Å²) in [5, 5.41) is 2.88. The highest BCUT2D eigenvalue weighted by atomic mass is 35.5. The largest absolute Gasteiger partial charge is 0.370 e. The average Bonchev–Trinajstić information content (AvgIpc) is 2.08. The van der Waals surface area contributed by atoms with Gasteiger partial charge in [0.05, 0.1) is 10.6 Å². The molecule has 0 aromatic heterocycles. The maximum absolute atomic E-state index is 13.1. The summed E-state index contributed by atoms with van der Waals surface area (Å²) in [5.41, 5.74) is 5.91. The van der Waals surface area contributed by atoms with Crippen LogP contribution in [0.4, 0.5) is 10.1 Å². The Bertz CT molecular complexity index is 410. The lowest BCUT2D eigenvalue weighted by Crippen LogP contribution is -2.27. The molecule has 0 saturated carbocycles. The van der Waals surface area contributed by atoms with Crippen LogP contribution in [0.15, 0.2) is 23.2 Å². The molecule has 0 amide bonds. The number of hydrogen-bond donors (Lipinski definition) is 2. The highest BCUT2D eigenvalue weighted by Gasteiger charge is 2.08. The molecule has 3 N–H and O–H groups in total. The molecule has 0 bridgehead atoms. The molecular weight excluding hydrogens is 229 g/mol. The zero-order valence-electron chi connectivity index (χ0n) is 9.51. The Balaban J connectivity index is 2.81. The second-order valence-corrected chi connectivity index (χ2v) is 4.83. The van der Waals surface area contributed by atoms with E-state index in [1.165, 1.54) is 12.1 Å². The molecule has 0 heterocycles. The van der Waals surface area contributed by atoms with Crippen molar-refractivity contribution in [1.82, 2.24) is 0 Å². The molecule has 0 spiro atoms. The molecule has 88 valence electrons. The van der Waals surface area contributed by atoms with Crippen LogP contribution in [0.1, 0.15) is 20.8 Å². The van der Waals surface area contributed by atoms with Gasteiger partial charge in [-0.25, -0.2) is 9.38 Å². The van der Waals surface area contributed by atoms with E-state index in [4.69, 9.17) is 17.3 Å². The van der Waals surface area contributed by atoms with Gasteiger partial charge in [-0.3, -0.25) is 0 Å². The molecule has 0 aliphatic rings. The summed E-state index contributed by atoms with van der Waals surface area (Å²) >= 11 is 5.56. The Morgan fingerprint density at radius 3 is 2.56 bits per heavy atom. The van der Waals surface area contributed by atoms with E-state index in [0.29, 0.717) is 5.69 Å². The maximum Gasteiger partial charge on any atom is 0.193 e. The summed E-state index contributed by atoms with van der Waals surface area (Å²) in [4.78, 5) is 4.18. The summed E-state index contributed by atoms with van der Waals surface area (Å²) in [7, 11) is 0. The van der Waals surface area contributed by atoms with Crippen LogP contribution in [0.2, 0.25) is 5.02 Å². The van der Waals surface area contributed by atoms with Gasteiger partial charge in [0.1, 0.15) is 5.82 Å². The summed E-state index contributed by atoms with van der Waals surface area (Å²) in [6.45, 7) is 5.76. The van der Waals surface area contributed by atoms with Crippen LogP contribution in [0.25, 0.3) is 0 Å². The number of nitrogens with two attached hydrogens (primary N) is 1. The van der Waals surface area contributed by atoms with Gasteiger partial charge in [-0.15, -0.1) is 0 Å². The molecule has 0 aliphatic heterocycles. The molecule has 3 nitrogen and oxygen atoms in total. The van der Waals surface area contributed by atoms with Gasteiger partial charge in [-0.1, -0.05) is 11.6 Å². The number of benzene rings is 1. The van der Waals surface area contributed by atoms with E-state index in [-0.39, 0.29) is 16.5 Å². The van der Waals surface area contributed by atoms with E-state index >= 15 is 0 Å². The van der Waals surface area contributed by atoms with Crippen molar-refractivity contribution in [3.8, 4) is 0 Å². The van der Waals surface area contributed by atoms with Gasteiger partial charge in [-0.05, 0) is 39.0 Å². The van der Waals surface area contributed by atoms with Crippen molar-refractivity contribution in [1.29, 1.82) is 0 Å². The molecule has 5 heteroatoms. The Morgan fingerprint density at radius 1 is 1.44 bits per heavy atom. The lowest BCUT2D eigenvalue weighted by Gasteiger charge is -2.14. The van der Waals surface area contributed by atoms with Crippen molar-refractivity contribution in [3.63, 3.8) is 0 Å². The molecule has 1 aromatic carbocycles. The fraction of sp³-hybridized carbons (Fsp3) is 0.364. The lowest BCUT2D eigenvalue weighted by atomic mass is 10.1. The summed E-state index contributed by atoms with van der Waals surface area (Å²) in [5.74, 6) is -0.246. The van der Waals surface area contributed by atoms with Crippen LogP contribution >= 0.6 is 11.6 Å². The number of nitrogens with one attached hydrogen (secondary N) is 1. The first-order valence-electron chi connectivity index (χ1n) is 4.85. The maximum atomic E-state index is 13.1. The molecule has 0 radical (unpaired) electrons. The van der Waals surface area contributed by atoms with Crippen molar-refractivity contribution < 1.29 is 4.39 Å². The number of anilines is 1. The molecule has 0 fully saturated rings. The standard InChI is InChI=1S/C11H15ClFN3/c1-11(2,3)16-10(14)15-7-4-5-8(12)9(13)6-7/h4-6H,1-3H3,(H3,14,15,16). The Labute approximate surface area is 99.5 Å². The summed E-state index contributed by atoms with van der Waals surface area (Å²) < 4.78 is 13.1. The first kappa shape index (κ1) is 12.8. The molecule has 16 heavy (non-hydrogen) atoms. The third kappa shape index (κ3) is 4.06. The number of hydrogen-bond acceptors (Lipinski definition) is 1. The Hall–Kier alpha value is -1.29. The highest BCUT2D eigenvalue weighted by molar-refractivity contribution is 6.30. The quantitative estimate of drug-likeness (QED) is 0.589. The van der Waals surface area contributed by atoms with Crippen LogP contribution in [0, 0.1) is 5.82 Å². The van der Waals surface area contributed by atoms with Crippen LogP contribution in [0.5, 0.6) is 0 Å². The Kier molecular flexibility index (Phi) is 3.75. The van der Waals surface area contributed by atoms with Crippen molar-refractivity contribution in [2.75, 3.05) is 5.32 Å². The van der Waals surface area contributed by atoms with Gasteiger partial charge in [0.25, 0.3) is 0 Å². The van der Waals surface area contributed by atoms with Crippen molar-refractivity contribution in [2.45, 2.75) is 26.3 Å². The number of aliphatic imine (C=N–C) groups is 1. The first-order chi connectivity index (χ1) is 7.28. The molecule has 1 aromatic rings. The van der Waals surface area contributed by atoms with E-state index < -0.39 is 5.82 Å². The van der Waals surface area contributed by atoms with E-state index in [0.717, 1.165) is 0 Å². The van der Waals surface area contributed by atoms with Crippen LogP contribution in [-0.2, 0) is 0 Å². The van der Waals surface area contributed by atoms with Gasteiger partial charge in [0.2, 0.25) is 0 Å². The second kappa shape index (κ2) is 4.70. The summed E-state index contributed by atoms with van der Waals surface area (Å²) in [6, 6.07) is 4.37. The third-order valence-electron chi connectivity index (χ3n) is 1.65. The zero-order chi connectivity index (χ0) is 12.3. The van der Waals surface area contributed by atoms with Crippen molar-refractivity contribution in [2.24, 2.45) is 10.7 Å². The number of guanidine groups is 1. The average molecular weight is 244 g/mol. The normalized spacial score (nSPS) is 12.7. The van der Waals surface area contributed by atoms with Crippen molar-refractivity contribution >= 4 is 23.2 Å². The van der Waals surface area contributed by atoms with E-state index in [1.54, 1.807) is 6.07 Å². The predicted octanol–water partition coefficient (Wildman–Crippen LogP) is 3.00. The molecular formula is C11H15ClFN3. The van der Waals surface area contributed by atoms with E-state index in [2.05, 4.69) is 10.3 Å². The minimum absolute atomic E-state index is 0.0804. The summed E-state index contributed by atoms with van der Waals surface area (Å²) in [6.07, 6.45) is 0. The first-order valence-corrected chi connectivity index (χ1v) is 5.23. The van der Waals surface area contributed by atoms with Gasteiger partial charge in [0.15, 0.2) is 5.96 Å². The van der Waals surface area contributed by atoms with E-state index in [9.17, 15) is 4.39 Å². The van der Waals surface area contributed by atoms with Crippen LogP contribution in [-0.4, -0.2) is 11.5 Å². The lowest BCUT2D eigenvalue weighted by molar-refractivity contribution is 0.583. The topological polar surface area (TPSA) is 50.4 Å². The fourth-order valence-corrected chi connectivity index (χ4v) is 1.23. The van der Waals surface area contributed by atoms with Gasteiger partial charge in [-0.2, -0.15) is 0 Å². The van der Waals surface area contributed by atoms with Gasteiger partial charge < -0.3 is 11.1 Å². The Morgan fingerprint density at radius 2 is 2.06 bits per heavy atom. The monoisotopic (exact) mass is 243 g/mol. The second-order valence-electron chi connectivity index (χ2n) is 4.42. The molecule has 0 aliphatic carbocycles. The zero-order valence-corrected chi connectivity index (χ0v) is 10.3.